The minimum absolute atomic E-state index is 0.0677. The van der Waals surface area contributed by atoms with Crippen molar-refractivity contribution in [3.8, 4) is 0 Å². The summed E-state index contributed by atoms with van der Waals surface area (Å²) in [7, 11) is -3.93. The molecule has 0 aliphatic heterocycles. The Morgan fingerprint density at radius 1 is 1.44 bits per heavy atom. The molecule has 0 radical (unpaired) electrons. The van der Waals surface area contributed by atoms with Crippen LogP contribution in [0.5, 0.6) is 0 Å². The van der Waals surface area contributed by atoms with E-state index in [4.69, 9.17) is 5.11 Å². The van der Waals surface area contributed by atoms with Crippen LogP contribution in [0.1, 0.15) is 6.92 Å². The van der Waals surface area contributed by atoms with E-state index in [1.54, 1.807) is 6.07 Å². The van der Waals surface area contributed by atoms with Gasteiger partial charge in [-0.15, -0.1) is 0 Å². The molecule has 18 heavy (non-hydrogen) atoms. The van der Waals surface area contributed by atoms with Gasteiger partial charge in [-0.05, 0) is 19.1 Å². The summed E-state index contributed by atoms with van der Waals surface area (Å²) in [5.41, 5.74) is 0.707. The number of carboxylic acid groups (broad SMARTS) is 1. The van der Waals surface area contributed by atoms with Crippen LogP contribution in [0.3, 0.4) is 0 Å². The number of carboxylic acids is 1. The van der Waals surface area contributed by atoms with E-state index in [0.717, 1.165) is 11.7 Å². The number of rotatable bonds is 4. The molecule has 0 saturated carbocycles. The van der Waals surface area contributed by atoms with Crippen molar-refractivity contribution < 1.29 is 18.3 Å². The largest absolute Gasteiger partial charge is 0.480 e. The fourth-order valence-corrected chi connectivity index (χ4v) is 3.31. The lowest BCUT2D eigenvalue weighted by Crippen LogP contribution is -2.38. The Morgan fingerprint density at radius 3 is 2.83 bits per heavy atom. The van der Waals surface area contributed by atoms with E-state index in [-0.39, 0.29) is 10.4 Å². The van der Waals surface area contributed by atoms with Crippen molar-refractivity contribution in [2.45, 2.75) is 17.9 Å². The average molecular weight is 287 g/mol. The molecule has 1 aromatic carbocycles. The van der Waals surface area contributed by atoms with E-state index in [9.17, 15) is 13.2 Å². The summed E-state index contributed by atoms with van der Waals surface area (Å²) < 4.78 is 33.9. The Balaban J connectivity index is 2.47. The zero-order valence-corrected chi connectivity index (χ0v) is 10.8. The van der Waals surface area contributed by atoms with Gasteiger partial charge in [0.25, 0.3) is 0 Å². The van der Waals surface area contributed by atoms with Gasteiger partial charge in [0.2, 0.25) is 10.0 Å². The highest BCUT2D eigenvalue weighted by molar-refractivity contribution is 7.89. The number of sulfonamides is 1. The number of carbonyl (C=O) groups is 1. The monoisotopic (exact) mass is 287 g/mol. The predicted octanol–water partition coefficient (Wildman–Crippen LogP) is 0.443. The number of hydrogen-bond acceptors (Lipinski definition) is 6. The molecular formula is C9H9N3O4S2. The lowest BCUT2D eigenvalue weighted by atomic mass is 10.3. The van der Waals surface area contributed by atoms with Gasteiger partial charge in [-0.2, -0.15) is 13.5 Å². The Labute approximate surface area is 107 Å². The number of nitrogens with zero attached hydrogens (tertiary/aromatic N) is 2. The molecule has 7 nitrogen and oxygen atoms in total. The molecule has 0 saturated heterocycles. The molecule has 0 aliphatic rings. The molecular weight excluding hydrogens is 278 g/mol. The van der Waals surface area contributed by atoms with Gasteiger partial charge >= 0.3 is 5.97 Å². The molecule has 9 heteroatoms. The van der Waals surface area contributed by atoms with Gasteiger partial charge in [0.15, 0.2) is 0 Å². The van der Waals surface area contributed by atoms with E-state index >= 15 is 0 Å². The maximum absolute atomic E-state index is 12.0. The van der Waals surface area contributed by atoms with E-state index < -0.39 is 22.0 Å². The zero-order chi connectivity index (χ0) is 13.3. The molecule has 0 unspecified atom stereocenters. The van der Waals surface area contributed by atoms with Gasteiger partial charge in [0.05, 0.1) is 11.7 Å². The average Bonchev–Trinajstić information content (AvgIpc) is 2.75. The molecule has 2 N–H and O–H groups in total. The van der Waals surface area contributed by atoms with Gasteiger partial charge in [0.1, 0.15) is 22.0 Å². The van der Waals surface area contributed by atoms with Crippen LogP contribution in [-0.4, -0.2) is 34.3 Å². The highest BCUT2D eigenvalue weighted by Crippen LogP contribution is 2.20. The molecule has 1 aromatic heterocycles. The first-order chi connectivity index (χ1) is 8.42. The SMILES string of the molecule is C[C@@H](NS(=O)(=O)c1cccc2nsnc12)C(=O)O. The molecule has 2 aromatic rings. The van der Waals surface area contributed by atoms with E-state index in [0.29, 0.717) is 5.52 Å². The second kappa shape index (κ2) is 4.59. The molecule has 1 heterocycles. The molecule has 1 atom stereocenters. The van der Waals surface area contributed by atoms with Crippen LogP contribution in [-0.2, 0) is 14.8 Å². The van der Waals surface area contributed by atoms with E-state index in [1.165, 1.54) is 19.1 Å². The number of hydrogen-bond donors (Lipinski definition) is 2. The van der Waals surface area contributed by atoms with Gasteiger partial charge in [0, 0.05) is 0 Å². The zero-order valence-electron chi connectivity index (χ0n) is 9.19. The van der Waals surface area contributed by atoms with Crippen LogP contribution in [0.4, 0.5) is 0 Å². The maximum atomic E-state index is 12.0. The second-order valence-electron chi connectivity index (χ2n) is 3.57. The highest BCUT2D eigenvalue weighted by atomic mass is 32.2. The number of aromatic nitrogens is 2. The molecule has 0 amide bonds. The van der Waals surface area contributed by atoms with Crippen LogP contribution >= 0.6 is 11.7 Å². The lowest BCUT2D eigenvalue weighted by molar-refractivity contribution is -0.138. The Bertz CT molecular complexity index is 695. The normalized spacial score (nSPS) is 13.6. The number of nitrogens with one attached hydrogen (secondary N) is 1. The van der Waals surface area contributed by atoms with Crippen molar-refractivity contribution in [2.24, 2.45) is 0 Å². The summed E-state index contributed by atoms with van der Waals surface area (Å²) in [4.78, 5) is 10.6. The first-order valence-corrected chi connectivity index (χ1v) is 7.09. The summed E-state index contributed by atoms with van der Waals surface area (Å²) in [6, 6.07) is 3.32. The molecule has 0 bridgehead atoms. The van der Waals surface area contributed by atoms with Gasteiger partial charge < -0.3 is 5.11 Å². The predicted molar refractivity (Wildman–Crippen MR) is 64.8 cm³/mol. The topological polar surface area (TPSA) is 109 Å². The maximum Gasteiger partial charge on any atom is 0.321 e. The molecule has 0 fully saturated rings. The highest BCUT2D eigenvalue weighted by Gasteiger charge is 2.24. The molecule has 0 spiro atoms. The van der Waals surface area contributed by atoms with Gasteiger partial charge in [-0.3, -0.25) is 4.79 Å². The summed E-state index contributed by atoms with van der Waals surface area (Å²) in [5, 5.41) is 8.71. The smallest absolute Gasteiger partial charge is 0.321 e. The molecule has 96 valence electrons. The number of benzene rings is 1. The third kappa shape index (κ3) is 2.33. The van der Waals surface area contributed by atoms with Crippen LogP contribution in [0, 0.1) is 0 Å². The van der Waals surface area contributed by atoms with Crippen molar-refractivity contribution in [1.29, 1.82) is 0 Å². The second-order valence-corrected chi connectivity index (χ2v) is 5.78. The lowest BCUT2D eigenvalue weighted by Gasteiger charge is -2.10. The minimum atomic E-state index is -3.93. The van der Waals surface area contributed by atoms with Crippen LogP contribution < -0.4 is 4.72 Å². The number of fused-ring (bicyclic) bond motifs is 1. The Hall–Kier alpha value is -1.58. The first-order valence-electron chi connectivity index (χ1n) is 4.88. The molecule has 2 rings (SSSR count). The van der Waals surface area contributed by atoms with Crippen molar-refractivity contribution in [2.75, 3.05) is 0 Å². The van der Waals surface area contributed by atoms with Gasteiger partial charge in [-0.1, -0.05) is 6.07 Å². The van der Waals surface area contributed by atoms with Crippen molar-refractivity contribution >= 4 is 38.8 Å². The van der Waals surface area contributed by atoms with Crippen molar-refractivity contribution in [1.82, 2.24) is 13.5 Å². The fraction of sp³-hybridized carbons (Fsp3) is 0.222. The third-order valence-corrected chi connectivity index (χ3v) is 4.36. The van der Waals surface area contributed by atoms with Crippen LogP contribution in [0.25, 0.3) is 11.0 Å². The van der Waals surface area contributed by atoms with Crippen molar-refractivity contribution in [3.05, 3.63) is 18.2 Å². The van der Waals surface area contributed by atoms with E-state index in [1.807, 2.05) is 0 Å². The summed E-state index contributed by atoms with van der Waals surface area (Å²) in [6.45, 7) is 1.25. The minimum Gasteiger partial charge on any atom is -0.480 e. The summed E-state index contributed by atoms with van der Waals surface area (Å²) >= 11 is 0.900. The fourth-order valence-electron chi connectivity index (χ4n) is 1.34. The van der Waals surface area contributed by atoms with Crippen molar-refractivity contribution in [3.63, 3.8) is 0 Å². The number of aliphatic carboxylic acids is 1. The van der Waals surface area contributed by atoms with Crippen LogP contribution in [0.15, 0.2) is 23.1 Å². The standard InChI is InChI=1S/C9H9N3O4S2/c1-5(9(13)14)12-18(15,16)7-4-2-3-6-8(7)11-17-10-6/h2-5,12H,1H3,(H,13,14)/t5-/m1/s1. The Kier molecular flexibility index (Phi) is 3.28. The quantitative estimate of drug-likeness (QED) is 0.844. The molecule has 0 aliphatic carbocycles. The van der Waals surface area contributed by atoms with Crippen LogP contribution in [0.2, 0.25) is 0 Å². The van der Waals surface area contributed by atoms with E-state index in [2.05, 4.69) is 13.5 Å². The summed E-state index contributed by atoms with van der Waals surface area (Å²) in [5.74, 6) is -1.25. The van der Waals surface area contributed by atoms with Gasteiger partial charge in [-0.25, -0.2) is 8.42 Å². The first kappa shape index (κ1) is 12.9. The Morgan fingerprint density at radius 2 is 2.17 bits per heavy atom. The third-order valence-electron chi connectivity index (χ3n) is 2.24. The summed E-state index contributed by atoms with van der Waals surface area (Å²) in [6.07, 6.45) is 0.